The molecule has 1 aliphatic rings. The van der Waals surface area contributed by atoms with Crippen molar-refractivity contribution in [2.75, 3.05) is 13.2 Å². The Morgan fingerprint density at radius 2 is 1.87 bits per heavy atom. The molecule has 0 radical (unpaired) electrons. The van der Waals surface area contributed by atoms with Gasteiger partial charge < -0.3 is 15.4 Å². The van der Waals surface area contributed by atoms with Crippen LogP contribution in [0, 0.1) is 5.92 Å². The number of benzene rings is 3. The lowest BCUT2D eigenvalue weighted by Gasteiger charge is -2.14. The largest absolute Gasteiger partial charge is 0.493 e. The quantitative estimate of drug-likeness (QED) is 0.651. The number of rotatable bonds is 6. The van der Waals surface area contributed by atoms with Gasteiger partial charge in [0.2, 0.25) is 5.91 Å². The summed E-state index contributed by atoms with van der Waals surface area (Å²) in [5.41, 5.74) is 2.65. The van der Waals surface area contributed by atoms with Gasteiger partial charge in [-0.3, -0.25) is 9.59 Å². The smallest absolute Gasteiger partial charge is 0.252 e. The van der Waals surface area contributed by atoms with E-state index >= 15 is 0 Å². The van der Waals surface area contributed by atoms with Crippen LogP contribution in [0.25, 0.3) is 21.9 Å². The normalized spacial score (nSPS) is 16.0. The second kappa shape index (κ2) is 8.57. The SMILES string of the molecule is CC(C)COc1cccc(-c2cccc3c(C(=O)NC4CCNC4=O)cccc23)c1. The molecule has 3 aromatic carbocycles. The minimum atomic E-state index is -0.467. The van der Waals surface area contributed by atoms with Crippen molar-refractivity contribution in [2.24, 2.45) is 5.92 Å². The van der Waals surface area contributed by atoms with Gasteiger partial charge in [0.1, 0.15) is 11.8 Å². The van der Waals surface area contributed by atoms with Gasteiger partial charge in [0, 0.05) is 12.1 Å². The fourth-order valence-electron chi connectivity index (χ4n) is 3.74. The first-order valence-electron chi connectivity index (χ1n) is 10.4. The Morgan fingerprint density at radius 1 is 1.10 bits per heavy atom. The molecule has 0 aromatic heterocycles. The molecule has 5 nitrogen and oxygen atoms in total. The summed E-state index contributed by atoms with van der Waals surface area (Å²) >= 11 is 0. The molecule has 2 amide bonds. The van der Waals surface area contributed by atoms with E-state index in [2.05, 4.69) is 30.5 Å². The highest BCUT2D eigenvalue weighted by molar-refractivity contribution is 6.11. The molecular weight excluding hydrogens is 376 g/mol. The van der Waals surface area contributed by atoms with E-state index in [1.807, 2.05) is 48.5 Å². The van der Waals surface area contributed by atoms with E-state index in [9.17, 15) is 9.59 Å². The summed E-state index contributed by atoms with van der Waals surface area (Å²) in [4.78, 5) is 24.7. The minimum absolute atomic E-state index is 0.123. The molecule has 1 fully saturated rings. The molecule has 1 saturated heterocycles. The molecule has 1 heterocycles. The van der Waals surface area contributed by atoms with Gasteiger partial charge in [-0.1, -0.05) is 56.3 Å². The van der Waals surface area contributed by atoms with Gasteiger partial charge in [-0.05, 0) is 52.4 Å². The van der Waals surface area contributed by atoms with Crippen LogP contribution in [0.4, 0.5) is 0 Å². The van der Waals surface area contributed by atoms with E-state index in [1.165, 1.54) is 0 Å². The molecule has 0 bridgehead atoms. The lowest BCUT2D eigenvalue weighted by atomic mass is 9.95. The molecule has 2 N–H and O–H groups in total. The Labute approximate surface area is 176 Å². The number of ether oxygens (including phenoxy) is 1. The summed E-state index contributed by atoms with van der Waals surface area (Å²) in [5.74, 6) is 0.935. The number of fused-ring (bicyclic) bond motifs is 1. The summed E-state index contributed by atoms with van der Waals surface area (Å²) in [6.07, 6.45) is 0.615. The molecular formula is C25H26N2O3. The number of nitrogens with one attached hydrogen (secondary N) is 2. The topological polar surface area (TPSA) is 67.4 Å². The van der Waals surface area contributed by atoms with Gasteiger partial charge in [-0.25, -0.2) is 0 Å². The highest BCUT2D eigenvalue weighted by atomic mass is 16.5. The first-order chi connectivity index (χ1) is 14.5. The molecule has 5 heteroatoms. The standard InChI is InChI=1S/C25H26N2O3/c1-16(2)15-30-18-7-3-6-17(14-18)19-8-4-10-21-20(19)9-5-11-22(21)24(28)27-23-12-13-26-25(23)29/h3-11,14,16,23H,12-13,15H2,1-2H3,(H,26,29)(H,27,28). The van der Waals surface area contributed by atoms with Crippen molar-refractivity contribution in [1.82, 2.24) is 10.6 Å². The zero-order valence-corrected chi connectivity index (χ0v) is 17.3. The van der Waals surface area contributed by atoms with E-state index < -0.39 is 6.04 Å². The van der Waals surface area contributed by atoms with Crippen LogP contribution in [-0.4, -0.2) is 31.0 Å². The summed E-state index contributed by atoms with van der Waals surface area (Å²) < 4.78 is 5.89. The summed E-state index contributed by atoms with van der Waals surface area (Å²) in [7, 11) is 0. The zero-order valence-electron chi connectivity index (χ0n) is 17.3. The average Bonchev–Trinajstić information content (AvgIpc) is 3.15. The van der Waals surface area contributed by atoms with Crippen molar-refractivity contribution in [3.8, 4) is 16.9 Å². The fraction of sp³-hybridized carbons (Fsp3) is 0.280. The number of carbonyl (C=O) groups is 2. The predicted molar refractivity (Wildman–Crippen MR) is 119 cm³/mol. The number of hydrogen-bond acceptors (Lipinski definition) is 3. The Bertz CT molecular complexity index is 1090. The molecule has 154 valence electrons. The maximum absolute atomic E-state index is 12.9. The lowest BCUT2D eigenvalue weighted by Crippen LogP contribution is -2.40. The predicted octanol–water partition coefficient (Wildman–Crippen LogP) is 4.16. The molecule has 30 heavy (non-hydrogen) atoms. The van der Waals surface area contributed by atoms with E-state index in [1.54, 1.807) is 6.07 Å². The summed E-state index contributed by atoms with van der Waals surface area (Å²) in [5, 5.41) is 7.46. The van der Waals surface area contributed by atoms with Crippen LogP contribution in [0.1, 0.15) is 30.6 Å². The van der Waals surface area contributed by atoms with Crippen LogP contribution in [0.3, 0.4) is 0 Å². The third-order valence-electron chi connectivity index (χ3n) is 5.25. The third-order valence-corrected chi connectivity index (χ3v) is 5.25. The van der Waals surface area contributed by atoms with E-state index in [-0.39, 0.29) is 11.8 Å². The van der Waals surface area contributed by atoms with Gasteiger partial charge in [0.05, 0.1) is 6.61 Å². The fourth-order valence-corrected chi connectivity index (χ4v) is 3.74. The van der Waals surface area contributed by atoms with Crippen molar-refractivity contribution >= 4 is 22.6 Å². The van der Waals surface area contributed by atoms with Gasteiger partial charge in [-0.15, -0.1) is 0 Å². The first-order valence-corrected chi connectivity index (χ1v) is 10.4. The lowest BCUT2D eigenvalue weighted by molar-refractivity contribution is -0.120. The Hall–Kier alpha value is -3.34. The first kappa shape index (κ1) is 20.0. The number of carbonyl (C=O) groups excluding carboxylic acids is 2. The molecule has 0 saturated carbocycles. The molecule has 0 aliphatic carbocycles. The van der Waals surface area contributed by atoms with E-state index in [0.29, 0.717) is 31.1 Å². The van der Waals surface area contributed by atoms with Crippen LogP contribution in [-0.2, 0) is 4.79 Å². The van der Waals surface area contributed by atoms with Crippen LogP contribution in [0.15, 0.2) is 60.7 Å². The van der Waals surface area contributed by atoms with Crippen LogP contribution >= 0.6 is 0 Å². The van der Waals surface area contributed by atoms with E-state index in [0.717, 1.165) is 27.6 Å². The highest BCUT2D eigenvalue weighted by Gasteiger charge is 2.26. The van der Waals surface area contributed by atoms with Gasteiger partial charge >= 0.3 is 0 Å². The molecule has 0 spiro atoms. The molecule has 4 rings (SSSR count). The summed E-state index contributed by atoms with van der Waals surface area (Å²) in [6.45, 7) is 5.50. The monoisotopic (exact) mass is 402 g/mol. The Morgan fingerprint density at radius 3 is 2.63 bits per heavy atom. The minimum Gasteiger partial charge on any atom is -0.493 e. The maximum Gasteiger partial charge on any atom is 0.252 e. The van der Waals surface area contributed by atoms with Crippen LogP contribution in [0.5, 0.6) is 5.75 Å². The summed E-state index contributed by atoms with van der Waals surface area (Å²) in [6, 6.07) is 19.2. The zero-order chi connectivity index (χ0) is 21.1. The Kier molecular flexibility index (Phi) is 5.70. The third kappa shape index (κ3) is 4.15. The van der Waals surface area contributed by atoms with E-state index in [4.69, 9.17) is 4.74 Å². The highest BCUT2D eigenvalue weighted by Crippen LogP contribution is 2.32. The van der Waals surface area contributed by atoms with Crippen molar-refractivity contribution < 1.29 is 14.3 Å². The maximum atomic E-state index is 12.9. The number of amides is 2. The second-order valence-corrected chi connectivity index (χ2v) is 8.04. The molecule has 1 unspecified atom stereocenters. The van der Waals surface area contributed by atoms with Crippen LogP contribution in [0.2, 0.25) is 0 Å². The van der Waals surface area contributed by atoms with Gasteiger partial charge in [0.15, 0.2) is 0 Å². The average molecular weight is 402 g/mol. The van der Waals surface area contributed by atoms with Crippen LogP contribution < -0.4 is 15.4 Å². The van der Waals surface area contributed by atoms with Crippen molar-refractivity contribution in [1.29, 1.82) is 0 Å². The molecule has 1 aliphatic heterocycles. The molecule has 1 atom stereocenters. The van der Waals surface area contributed by atoms with Crippen molar-refractivity contribution in [3.05, 3.63) is 66.2 Å². The Balaban J connectivity index is 1.68. The van der Waals surface area contributed by atoms with Crippen molar-refractivity contribution in [3.63, 3.8) is 0 Å². The van der Waals surface area contributed by atoms with Gasteiger partial charge in [0.25, 0.3) is 5.91 Å². The molecule has 3 aromatic rings. The van der Waals surface area contributed by atoms with Crippen molar-refractivity contribution in [2.45, 2.75) is 26.3 Å². The number of hydrogen-bond donors (Lipinski definition) is 2. The second-order valence-electron chi connectivity index (χ2n) is 8.04. The van der Waals surface area contributed by atoms with Gasteiger partial charge in [-0.2, -0.15) is 0 Å².